The van der Waals surface area contributed by atoms with Gasteiger partial charge >= 0.3 is 6.09 Å². The van der Waals surface area contributed by atoms with Gasteiger partial charge in [0.15, 0.2) is 5.03 Å². The summed E-state index contributed by atoms with van der Waals surface area (Å²) in [7, 11) is 1.47. The minimum atomic E-state index is -3.93. The van der Waals surface area contributed by atoms with Crippen molar-refractivity contribution in [2.45, 2.75) is 37.8 Å². The van der Waals surface area contributed by atoms with Gasteiger partial charge < -0.3 is 19.4 Å². The van der Waals surface area contributed by atoms with Crippen molar-refractivity contribution >= 4 is 43.1 Å². The van der Waals surface area contributed by atoms with E-state index in [1.54, 1.807) is 21.9 Å². The number of rotatable bonds is 3. The molecule has 1 aromatic carbocycles. The molecule has 0 spiro atoms. The average Bonchev–Trinajstić information content (AvgIpc) is 3.20. The van der Waals surface area contributed by atoms with Gasteiger partial charge in [0.05, 0.1) is 11.4 Å². The molecular formula is C23H27ClN4O5S. The van der Waals surface area contributed by atoms with Crippen LogP contribution in [0.25, 0.3) is 0 Å². The Balaban J connectivity index is 1.45. The maximum absolute atomic E-state index is 13.3. The fourth-order valence-corrected chi connectivity index (χ4v) is 4.76. The number of carbonyl (C=O) groups excluding carboxylic acids is 2. The third kappa shape index (κ3) is 5.28. The normalized spacial score (nSPS) is 16.4. The van der Waals surface area contributed by atoms with E-state index >= 15 is 0 Å². The molecule has 9 nitrogen and oxygen atoms in total. The topological polar surface area (TPSA) is 100 Å². The quantitative estimate of drug-likeness (QED) is 0.589. The zero-order chi connectivity index (χ0) is 24.7. The molecule has 0 unspecified atom stereocenters. The molecule has 3 heterocycles. The standard InChI is InChI=1S/C23H27ClN4O5S/c1-23(2,3)33-22(30)27-13-11-26(12-14-27)17-6-4-5-16(15-17)21(29)28-10-9-18-19(28)7-8-20(25-18)34(24,31)32/h4-8,15H,9-14H2,1-3H3. The van der Waals surface area contributed by atoms with Gasteiger partial charge in [0, 0.05) is 61.1 Å². The fourth-order valence-electron chi connectivity index (χ4n) is 4.05. The van der Waals surface area contributed by atoms with Crippen molar-refractivity contribution in [2.24, 2.45) is 0 Å². The maximum Gasteiger partial charge on any atom is 0.410 e. The summed E-state index contributed by atoms with van der Waals surface area (Å²) in [6.07, 6.45) is 0.135. The number of amides is 2. The molecule has 0 N–H and O–H groups in total. The number of ether oxygens (including phenoxy) is 1. The number of carbonyl (C=O) groups is 2. The average molecular weight is 507 g/mol. The van der Waals surface area contributed by atoms with Crippen LogP contribution in [0, 0.1) is 0 Å². The molecule has 2 amide bonds. The minimum absolute atomic E-state index is 0.184. The van der Waals surface area contributed by atoms with E-state index in [-0.39, 0.29) is 17.0 Å². The number of benzene rings is 1. The van der Waals surface area contributed by atoms with Crippen LogP contribution in [0.4, 0.5) is 16.2 Å². The second kappa shape index (κ2) is 9.07. The lowest BCUT2D eigenvalue weighted by Crippen LogP contribution is -2.50. The molecule has 0 radical (unpaired) electrons. The van der Waals surface area contributed by atoms with Crippen molar-refractivity contribution in [3.63, 3.8) is 0 Å². The monoisotopic (exact) mass is 506 g/mol. The van der Waals surface area contributed by atoms with Crippen LogP contribution in [0.5, 0.6) is 0 Å². The third-order valence-electron chi connectivity index (χ3n) is 5.67. The van der Waals surface area contributed by atoms with Crippen LogP contribution in [0.15, 0.2) is 41.4 Å². The largest absolute Gasteiger partial charge is 0.444 e. The van der Waals surface area contributed by atoms with E-state index in [2.05, 4.69) is 9.88 Å². The molecule has 11 heteroatoms. The lowest BCUT2D eigenvalue weighted by Gasteiger charge is -2.36. The molecule has 2 aliphatic rings. The van der Waals surface area contributed by atoms with E-state index in [4.69, 9.17) is 15.4 Å². The zero-order valence-corrected chi connectivity index (χ0v) is 20.9. The molecule has 0 saturated carbocycles. The summed E-state index contributed by atoms with van der Waals surface area (Å²) in [5, 5.41) is -0.213. The summed E-state index contributed by atoms with van der Waals surface area (Å²) in [5.41, 5.74) is 2.01. The van der Waals surface area contributed by atoms with Crippen LogP contribution in [-0.2, 0) is 20.2 Å². The smallest absolute Gasteiger partial charge is 0.410 e. The number of aromatic nitrogens is 1. The van der Waals surface area contributed by atoms with E-state index in [1.807, 2.05) is 39.0 Å². The van der Waals surface area contributed by atoms with Gasteiger partial charge in [-0.25, -0.2) is 18.2 Å². The molecule has 2 aromatic rings. The summed E-state index contributed by atoms with van der Waals surface area (Å²) in [6.45, 7) is 8.26. The third-order valence-corrected chi connectivity index (χ3v) is 6.87. The Morgan fingerprint density at radius 1 is 1.03 bits per heavy atom. The first-order valence-electron chi connectivity index (χ1n) is 11.0. The zero-order valence-electron chi connectivity index (χ0n) is 19.3. The lowest BCUT2D eigenvalue weighted by atomic mass is 10.1. The number of piperazine rings is 1. The molecule has 2 aliphatic heterocycles. The molecule has 182 valence electrons. The molecular weight excluding hydrogens is 480 g/mol. The van der Waals surface area contributed by atoms with Crippen LogP contribution in [-0.4, -0.2) is 68.6 Å². The highest BCUT2D eigenvalue weighted by Crippen LogP contribution is 2.30. The predicted molar refractivity (Wildman–Crippen MR) is 129 cm³/mol. The second-order valence-corrected chi connectivity index (χ2v) is 11.8. The molecule has 1 aromatic heterocycles. The van der Waals surface area contributed by atoms with Gasteiger partial charge in [-0.3, -0.25) is 4.79 Å². The van der Waals surface area contributed by atoms with Crippen LogP contribution in [0.1, 0.15) is 36.8 Å². The van der Waals surface area contributed by atoms with Crippen LogP contribution in [0.2, 0.25) is 0 Å². The van der Waals surface area contributed by atoms with E-state index in [9.17, 15) is 18.0 Å². The van der Waals surface area contributed by atoms with E-state index in [0.29, 0.717) is 56.1 Å². The number of pyridine rings is 1. The molecule has 0 aliphatic carbocycles. The van der Waals surface area contributed by atoms with Crippen LogP contribution >= 0.6 is 10.7 Å². The van der Waals surface area contributed by atoms with Gasteiger partial charge in [-0.05, 0) is 51.1 Å². The van der Waals surface area contributed by atoms with Gasteiger partial charge in [-0.2, -0.15) is 0 Å². The molecule has 34 heavy (non-hydrogen) atoms. The van der Waals surface area contributed by atoms with E-state index in [0.717, 1.165) is 5.69 Å². The number of nitrogens with zero attached hydrogens (tertiary/aromatic N) is 4. The Morgan fingerprint density at radius 2 is 1.74 bits per heavy atom. The van der Waals surface area contributed by atoms with Gasteiger partial charge in [0.1, 0.15) is 5.60 Å². The molecule has 1 fully saturated rings. The van der Waals surface area contributed by atoms with Gasteiger partial charge in [0.2, 0.25) is 0 Å². The summed E-state index contributed by atoms with van der Waals surface area (Å²) in [5.74, 6) is -0.184. The molecule has 4 rings (SSSR count). The Hall–Kier alpha value is -2.85. The first-order valence-corrected chi connectivity index (χ1v) is 13.3. The molecule has 1 saturated heterocycles. The SMILES string of the molecule is CC(C)(C)OC(=O)N1CCN(c2cccc(C(=O)N3CCc4nc(S(=O)(=O)Cl)ccc43)c2)CC1. The Morgan fingerprint density at radius 3 is 2.38 bits per heavy atom. The molecule has 0 bridgehead atoms. The number of hydrogen-bond donors (Lipinski definition) is 0. The van der Waals surface area contributed by atoms with Crippen molar-refractivity contribution < 1.29 is 22.7 Å². The van der Waals surface area contributed by atoms with Crippen LogP contribution in [0.3, 0.4) is 0 Å². The summed E-state index contributed by atoms with van der Waals surface area (Å²) >= 11 is 0. The van der Waals surface area contributed by atoms with Gasteiger partial charge in [-0.1, -0.05) is 6.07 Å². The Labute approximate surface area is 203 Å². The minimum Gasteiger partial charge on any atom is -0.444 e. The number of fused-ring (bicyclic) bond motifs is 1. The van der Waals surface area contributed by atoms with Crippen molar-refractivity contribution in [2.75, 3.05) is 42.5 Å². The number of anilines is 2. The molecule has 0 atom stereocenters. The number of hydrogen-bond acceptors (Lipinski definition) is 7. The number of halogens is 1. The van der Waals surface area contributed by atoms with Crippen molar-refractivity contribution in [3.8, 4) is 0 Å². The van der Waals surface area contributed by atoms with E-state index in [1.165, 1.54) is 6.07 Å². The fraction of sp³-hybridized carbons (Fsp3) is 0.435. The van der Waals surface area contributed by atoms with Crippen molar-refractivity contribution in [1.29, 1.82) is 0 Å². The maximum atomic E-state index is 13.3. The first-order chi connectivity index (χ1) is 15.9. The summed E-state index contributed by atoms with van der Waals surface area (Å²) in [6, 6.07) is 10.3. The van der Waals surface area contributed by atoms with E-state index < -0.39 is 14.7 Å². The second-order valence-electron chi connectivity index (χ2n) is 9.26. The highest BCUT2D eigenvalue weighted by Gasteiger charge is 2.29. The van der Waals surface area contributed by atoms with Crippen molar-refractivity contribution in [3.05, 3.63) is 47.7 Å². The van der Waals surface area contributed by atoms with Gasteiger partial charge in [0.25, 0.3) is 15.0 Å². The van der Waals surface area contributed by atoms with Crippen molar-refractivity contribution in [1.82, 2.24) is 9.88 Å². The Bertz CT molecular complexity index is 1220. The highest BCUT2D eigenvalue weighted by atomic mass is 35.7. The first kappa shape index (κ1) is 24.3. The highest BCUT2D eigenvalue weighted by molar-refractivity contribution is 8.13. The van der Waals surface area contributed by atoms with Crippen LogP contribution < -0.4 is 9.80 Å². The predicted octanol–water partition coefficient (Wildman–Crippen LogP) is 3.27. The lowest BCUT2D eigenvalue weighted by molar-refractivity contribution is 0.0240. The summed E-state index contributed by atoms with van der Waals surface area (Å²) in [4.78, 5) is 35.1. The Kier molecular flexibility index (Phi) is 6.48. The summed E-state index contributed by atoms with van der Waals surface area (Å²) < 4.78 is 28.6. The van der Waals surface area contributed by atoms with Gasteiger partial charge in [-0.15, -0.1) is 0 Å².